The third-order valence-corrected chi connectivity index (χ3v) is 5.18. The van der Waals surface area contributed by atoms with Gasteiger partial charge in [0.15, 0.2) is 5.78 Å². The Morgan fingerprint density at radius 2 is 1.71 bits per heavy atom. The van der Waals surface area contributed by atoms with Gasteiger partial charge in [-0.2, -0.15) is 0 Å². The average molecular weight is 328 g/mol. The maximum absolute atomic E-state index is 12.8. The van der Waals surface area contributed by atoms with E-state index in [0.29, 0.717) is 25.6 Å². The van der Waals surface area contributed by atoms with Crippen LogP contribution in [0.1, 0.15) is 47.4 Å². The molecule has 0 amide bonds. The molecule has 1 aromatic rings. The number of ketones is 3. The highest BCUT2D eigenvalue weighted by Crippen LogP contribution is 2.37. The van der Waals surface area contributed by atoms with Crippen molar-refractivity contribution >= 4 is 17.3 Å². The Morgan fingerprint density at radius 1 is 1.08 bits per heavy atom. The minimum Gasteiger partial charge on any atom is -0.381 e. The zero-order valence-corrected chi connectivity index (χ0v) is 14.6. The van der Waals surface area contributed by atoms with E-state index >= 15 is 0 Å². The molecule has 4 nitrogen and oxygen atoms in total. The van der Waals surface area contributed by atoms with Crippen molar-refractivity contribution in [3.05, 3.63) is 34.4 Å². The van der Waals surface area contributed by atoms with Crippen molar-refractivity contribution in [3.8, 4) is 0 Å². The number of hydrogen-bond acceptors (Lipinski definition) is 4. The summed E-state index contributed by atoms with van der Waals surface area (Å²) in [5, 5.41) is 0. The molecule has 1 saturated heterocycles. The largest absolute Gasteiger partial charge is 0.381 e. The Balaban J connectivity index is 1.75. The summed E-state index contributed by atoms with van der Waals surface area (Å²) in [6, 6.07) is 4.02. The van der Waals surface area contributed by atoms with Crippen molar-refractivity contribution in [2.24, 2.45) is 11.8 Å². The molecule has 0 radical (unpaired) electrons. The van der Waals surface area contributed by atoms with E-state index in [1.807, 2.05) is 32.9 Å². The topological polar surface area (TPSA) is 60.4 Å². The lowest BCUT2D eigenvalue weighted by atomic mass is 9.85. The normalized spacial score (nSPS) is 24.3. The molecule has 2 atom stereocenters. The summed E-state index contributed by atoms with van der Waals surface area (Å²) in [4.78, 5) is 37.5. The van der Waals surface area contributed by atoms with E-state index in [1.54, 1.807) is 0 Å². The summed E-state index contributed by atoms with van der Waals surface area (Å²) in [5.41, 5.74) is 3.94. The van der Waals surface area contributed by atoms with E-state index in [4.69, 9.17) is 4.74 Å². The molecule has 1 heterocycles. The standard InChI is InChI=1S/C20H24O4/c1-11-4-12(2)18(13(3)5-11)19-17(22)8-15(20(19)23)7-16(21)6-14-9-24-10-14/h4-5,14-15,19H,6-10H2,1-3H3. The molecule has 1 aromatic carbocycles. The van der Waals surface area contributed by atoms with Crippen LogP contribution in [0.2, 0.25) is 0 Å². The monoisotopic (exact) mass is 328 g/mol. The SMILES string of the molecule is Cc1cc(C)c(C2C(=O)CC(CC(=O)CC3COC3)C2=O)c(C)c1. The van der Waals surface area contributed by atoms with Gasteiger partial charge >= 0.3 is 0 Å². The Bertz CT molecular complexity index is 677. The molecule has 1 saturated carbocycles. The fourth-order valence-corrected chi connectivity index (χ4v) is 4.06. The third kappa shape index (κ3) is 3.20. The van der Waals surface area contributed by atoms with Gasteiger partial charge in [0.05, 0.1) is 13.2 Å². The molecule has 1 aliphatic heterocycles. The van der Waals surface area contributed by atoms with Crippen molar-refractivity contribution in [3.63, 3.8) is 0 Å². The number of carbonyl (C=O) groups is 3. The first-order valence-corrected chi connectivity index (χ1v) is 8.60. The fourth-order valence-electron chi connectivity index (χ4n) is 4.06. The van der Waals surface area contributed by atoms with E-state index in [9.17, 15) is 14.4 Å². The van der Waals surface area contributed by atoms with Crippen LogP contribution in [0, 0.1) is 32.6 Å². The van der Waals surface area contributed by atoms with Gasteiger partial charge in [-0.15, -0.1) is 0 Å². The summed E-state index contributed by atoms with van der Waals surface area (Å²) < 4.78 is 5.08. The smallest absolute Gasteiger partial charge is 0.151 e. The molecule has 2 aliphatic rings. The predicted octanol–water partition coefficient (Wildman–Crippen LogP) is 2.85. The predicted molar refractivity (Wildman–Crippen MR) is 90.1 cm³/mol. The lowest BCUT2D eigenvalue weighted by molar-refractivity contribution is -0.130. The van der Waals surface area contributed by atoms with Gasteiger partial charge in [-0.3, -0.25) is 14.4 Å². The fraction of sp³-hybridized carbons (Fsp3) is 0.550. The Hall–Kier alpha value is -1.81. The molecule has 24 heavy (non-hydrogen) atoms. The van der Waals surface area contributed by atoms with Crippen LogP contribution in [-0.2, 0) is 19.1 Å². The van der Waals surface area contributed by atoms with Crippen molar-refractivity contribution in [1.29, 1.82) is 0 Å². The van der Waals surface area contributed by atoms with Gasteiger partial charge in [0.2, 0.25) is 0 Å². The lowest BCUT2D eigenvalue weighted by Gasteiger charge is -2.25. The number of carbonyl (C=O) groups excluding carboxylic acids is 3. The number of aryl methyl sites for hydroxylation is 3. The highest BCUT2D eigenvalue weighted by Gasteiger charge is 2.43. The first-order chi connectivity index (χ1) is 11.4. The molecule has 0 aromatic heterocycles. The van der Waals surface area contributed by atoms with E-state index < -0.39 is 11.8 Å². The number of Topliss-reactive ketones (excluding diaryl/α,β-unsaturated/α-hetero) is 3. The van der Waals surface area contributed by atoms with Crippen LogP contribution in [0.25, 0.3) is 0 Å². The molecule has 2 fully saturated rings. The minimum absolute atomic E-state index is 0.0418. The molecule has 4 heteroatoms. The van der Waals surface area contributed by atoms with Crippen LogP contribution in [0.4, 0.5) is 0 Å². The van der Waals surface area contributed by atoms with Gasteiger partial charge in [-0.05, 0) is 37.5 Å². The molecule has 3 rings (SSSR count). The molecule has 2 unspecified atom stereocenters. The zero-order valence-electron chi connectivity index (χ0n) is 14.6. The van der Waals surface area contributed by atoms with Crippen LogP contribution in [0.15, 0.2) is 12.1 Å². The highest BCUT2D eigenvalue weighted by atomic mass is 16.5. The van der Waals surface area contributed by atoms with Crippen molar-refractivity contribution in [1.82, 2.24) is 0 Å². The highest BCUT2D eigenvalue weighted by molar-refractivity contribution is 6.15. The van der Waals surface area contributed by atoms with Crippen molar-refractivity contribution in [2.45, 2.75) is 46.0 Å². The van der Waals surface area contributed by atoms with E-state index in [0.717, 1.165) is 22.3 Å². The van der Waals surface area contributed by atoms with Crippen molar-refractivity contribution < 1.29 is 19.1 Å². The summed E-state index contributed by atoms with van der Waals surface area (Å²) in [6.45, 7) is 7.17. The molecule has 128 valence electrons. The van der Waals surface area contributed by atoms with Crippen LogP contribution < -0.4 is 0 Å². The second kappa shape index (κ2) is 6.60. The van der Waals surface area contributed by atoms with E-state index in [2.05, 4.69) is 0 Å². The summed E-state index contributed by atoms with van der Waals surface area (Å²) in [6.07, 6.45) is 0.857. The van der Waals surface area contributed by atoms with Gasteiger partial charge in [0.1, 0.15) is 17.5 Å². The average Bonchev–Trinajstić information content (AvgIpc) is 2.70. The molecule has 1 aliphatic carbocycles. The van der Waals surface area contributed by atoms with Crippen molar-refractivity contribution in [2.75, 3.05) is 13.2 Å². The first kappa shape index (κ1) is 17.0. The van der Waals surface area contributed by atoms with Gasteiger partial charge < -0.3 is 4.74 Å². The third-order valence-electron chi connectivity index (χ3n) is 5.18. The van der Waals surface area contributed by atoms with Crippen LogP contribution in [0.3, 0.4) is 0 Å². The summed E-state index contributed by atoms with van der Waals surface area (Å²) in [5.74, 6) is -0.880. The van der Waals surface area contributed by atoms with Crippen LogP contribution in [-0.4, -0.2) is 30.6 Å². The Labute approximate surface area is 142 Å². The van der Waals surface area contributed by atoms with Crippen LogP contribution >= 0.6 is 0 Å². The first-order valence-electron chi connectivity index (χ1n) is 8.60. The second-order valence-corrected chi connectivity index (χ2v) is 7.37. The molecule has 0 N–H and O–H groups in total. The lowest BCUT2D eigenvalue weighted by Crippen LogP contribution is -2.30. The summed E-state index contributed by atoms with van der Waals surface area (Å²) in [7, 11) is 0. The van der Waals surface area contributed by atoms with E-state index in [-0.39, 0.29) is 30.2 Å². The number of rotatable bonds is 5. The molecule has 0 spiro atoms. The number of benzene rings is 1. The molecular weight excluding hydrogens is 304 g/mol. The van der Waals surface area contributed by atoms with E-state index in [1.165, 1.54) is 0 Å². The number of ether oxygens (including phenoxy) is 1. The van der Waals surface area contributed by atoms with Crippen LogP contribution in [0.5, 0.6) is 0 Å². The maximum Gasteiger partial charge on any atom is 0.151 e. The molecular formula is C20H24O4. The van der Waals surface area contributed by atoms with Gasteiger partial charge in [-0.25, -0.2) is 0 Å². The Morgan fingerprint density at radius 3 is 2.25 bits per heavy atom. The maximum atomic E-state index is 12.8. The van der Waals surface area contributed by atoms with Gasteiger partial charge in [0.25, 0.3) is 0 Å². The quantitative estimate of drug-likeness (QED) is 0.780. The van der Waals surface area contributed by atoms with Gasteiger partial charge in [-0.1, -0.05) is 17.7 Å². The van der Waals surface area contributed by atoms with Gasteiger partial charge in [0, 0.05) is 31.1 Å². The number of hydrogen-bond donors (Lipinski definition) is 0. The summed E-state index contributed by atoms with van der Waals surface area (Å²) >= 11 is 0. The minimum atomic E-state index is -0.685. The Kier molecular flexibility index (Phi) is 4.68. The second-order valence-electron chi connectivity index (χ2n) is 7.37. The molecule has 0 bridgehead atoms. The zero-order chi connectivity index (χ0) is 17.4.